The summed E-state index contributed by atoms with van der Waals surface area (Å²) < 4.78 is 41.8. The summed E-state index contributed by atoms with van der Waals surface area (Å²) in [7, 11) is 2.38. The highest BCUT2D eigenvalue weighted by Gasteiger charge is 2.38. The average Bonchev–Trinajstić information content (AvgIpc) is 4.08. The fourth-order valence-corrected chi connectivity index (χ4v) is 8.96. The van der Waals surface area contributed by atoms with Gasteiger partial charge in [-0.1, -0.05) is 30.3 Å². The van der Waals surface area contributed by atoms with E-state index in [0.717, 1.165) is 28.2 Å². The van der Waals surface area contributed by atoms with E-state index in [2.05, 4.69) is 63.2 Å². The number of nitrogens with one attached hydrogen (secondary N) is 5. The summed E-state index contributed by atoms with van der Waals surface area (Å²) in [6.07, 6.45) is -5.08. The zero-order valence-electron chi connectivity index (χ0n) is 35.1. The van der Waals surface area contributed by atoms with Gasteiger partial charge in [0.25, 0.3) is 29.5 Å². The standard InChI is InChI=1S/C22H20BrN3O6S2.C17H18BrN3O5S.C2HF3O2/c1-32-22(31)15(11-25-19(28)16-6-3-7-33-16)26-21(30)18-14(23)9-17(34-18)20(29)24-10-12-4-2-5-13(27)8-12;1-26-17(25)12(7-19)21-16(24)14-11(18)6-13(27-14)15(23)20-8-9-3-2-4-10(22)5-9;3-2(4,5)1(6)7/h2-9,15,27H,10-11H2,1H3,(H,24,29)(H,25,28)(H,26,30);2-6,12,22H,7-8,19H2,1H3,(H,20,23)(H,21,24);(H,6,7)/t15-;12-;/m00./s1. The molecule has 0 aliphatic carbocycles. The van der Waals surface area contributed by atoms with E-state index in [1.165, 1.54) is 55.9 Å². The normalized spacial score (nSPS) is 11.4. The van der Waals surface area contributed by atoms with Crippen LogP contribution in [0.5, 0.6) is 11.5 Å². The maximum Gasteiger partial charge on any atom is 0.490 e. The lowest BCUT2D eigenvalue weighted by atomic mass is 10.2. The van der Waals surface area contributed by atoms with Crippen molar-refractivity contribution in [1.82, 2.24) is 26.6 Å². The second-order valence-electron chi connectivity index (χ2n) is 13.1. The number of amides is 5. The van der Waals surface area contributed by atoms with Gasteiger partial charge >= 0.3 is 24.1 Å². The molecule has 0 fully saturated rings. The van der Waals surface area contributed by atoms with Gasteiger partial charge in [-0.2, -0.15) is 13.2 Å². The smallest absolute Gasteiger partial charge is 0.490 e. The number of hydrogen-bond donors (Lipinski definition) is 9. The van der Waals surface area contributed by atoms with E-state index < -0.39 is 53.9 Å². The maximum absolute atomic E-state index is 12.8. The Morgan fingerprint density at radius 3 is 1.46 bits per heavy atom. The zero-order valence-corrected chi connectivity index (χ0v) is 40.7. The predicted molar refractivity (Wildman–Crippen MR) is 249 cm³/mol. The van der Waals surface area contributed by atoms with Gasteiger partial charge in [0.2, 0.25) is 0 Å². The van der Waals surface area contributed by atoms with Gasteiger partial charge < -0.3 is 57.1 Å². The van der Waals surface area contributed by atoms with Gasteiger partial charge in [-0.3, -0.25) is 24.0 Å². The third kappa shape index (κ3) is 17.7. The predicted octanol–water partition coefficient (Wildman–Crippen LogP) is 4.92. The van der Waals surface area contributed by atoms with Gasteiger partial charge in [0, 0.05) is 35.1 Å². The van der Waals surface area contributed by atoms with Crippen LogP contribution in [0.2, 0.25) is 0 Å². The molecule has 0 bridgehead atoms. The number of carboxylic acids is 1. The summed E-state index contributed by atoms with van der Waals surface area (Å²) in [5.74, 6) is -6.22. The third-order valence-electron chi connectivity index (χ3n) is 8.23. The molecule has 5 amide bonds. The highest BCUT2D eigenvalue weighted by molar-refractivity contribution is 9.11. The lowest BCUT2D eigenvalue weighted by molar-refractivity contribution is -0.192. The van der Waals surface area contributed by atoms with Crippen LogP contribution >= 0.6 is 65.9 Å². The van der Waals surface area contributed by atoms with Crippen LogP contribution in [0.3, 0.4) is 0 Å². The van der Waals surface area contributed by atoms with E-state index in [1.54, 1.807) is 47.8 Å². The number of carboxylic acid groups (broad SMARTS) is 1. The Kier molecular flexibility index (Phi) is 22.1. The summed E-state index contributed by atoms with van der Waals surface area (Å²) in [5.41, 5.74) is 6.92. The van der Waals surface area contributed by atoms with Crippen molar-refractivity contribution in [2.24, 2.45) is 5.73 Å². The number of alkyl halides is 3. The van der Waals surface area contributed by atoms with Crippen molar-refractivity contribution < 1.29 is 76.3 Å². The molecule has 5 rings (SSSR count). The van der Waals surface area contributed by atoms with Crippen molar-refractivity contribution in [3.8, 4) is 11.5 Å². The number of hydrogen-bond acceptors (Lipinski definition) is 16. The third-order valence-corrected chi connectivity index (χ3v) is 13.1. The molecule has 0 aliphatic rings. The van der Waals surface area contributed by atoms with E-state index in [-0.39, 0.29) is 64.1 Å². The van der Waals surface area contributed by atoms with E-state index in [0.29, 0.717) is 24.3 Å². The fourth-order valence-electron chi connectivity index (χ4n) is 4.97. The van der Waals surface area contributed by atoms with Gasteiger partial charge in [-0.25, -0.2) is 14.4 Å². The molecule has 27 heteroatoms. The minimum absolute atomic E-state index is 0.0938. The summed E-state index contributed by atoms with van der Waals surface area (Å²) in [5, 5.41) is 40.9. The summed E-state index contributed by atoms with van der Waals surface area (Å²) in [6, 6.07) is 17.3. The van der Waals surface area contributed by atoms with Crippen LogP contribution < -0.4 is 32.3 Å². The lowest BCUT2D eigenvalue weighted by Gasteiger charge is -2.16. The minimum atomic E-state index is -5.08. The fraction of sp³-hybridized carbons (Fsp3) is 0.220. The molecule has 68 heavy (non-hydrogen) atoms. The molecule has 5 aromatic rings. The number of carbonyl (C=O) groups excluding carboxylic acids is 7. The molecule has 2 aromatic carbocycles. The van der Waals surface area contributed by atoms with E-state index in [1.807, 2.05) is 0 Å². The minimum Gasteiger partial charge on any atom is -0.508 e. The molecule has 0 unspecified atom stereocenters. The molecule has 0 saturated carbocycles. The van der Waals surface area contributed by atoms with Crippen molar-refractivity contribution in [2.45, 2.75) is 31.3 Å². The Bertz CT molecular complexity index is 2590. The number of esters is 2. The second kappa shape index (κ2) is 26.8. The Labute approximate surface area is 412 Å². The number of thiophene rings is 3. The number of phenolic OH excluding ortho intramolecular Hbond substituents is 2. The number of carbonyl (C=O) groups is 8. The van der Waals surface area contributed by atoms with E-state index >= 15 is 0 Å². The highest BCUT2D eigenvalue weighted by atomic mass is 79.9. The highest BCUT2D eigenvalue weighted by Crippen LogP contribution is 2.29. The van der Waals surface area contributed by atoms with Gasteiger partial charge in [-0.15, -0.1) is 34.0 Å². The molecule has 10 N–H and O–H groups in total. The van der Waals surface area contributed by atoms with Crippen molar-refractivity contribution in [3.05, 3.63) is 123 Å². The number of halogens is 5. The lowest BCUT2D eigenvalue weighted by Crippen LogP contribution is -2.48. The summed E-state index contributed by atoms with van der Waals surface area (Å²) in [6.45, 7) is 0.134. The first-order valence-electron chi connectivity index (χ1n) is 18.9. The summed E-state index contributed by atoms with van der Waals surface area (Å²) >= 11 is 9.68. The van der Waals surface area contributed by atoms with E-state index in [9.17, 15) is 56.9 Å². The molecular weight excluding hydrogens is 1100 g/mol. The Morgan fingerprint density at radius 1 is 0.647 bits per heavy atom. The van der Waals surface area contributed by atoms with Crippen LogP contribution in [0.25, 0.3) is 0 Å². The SMILES string of the molecule is COC(=O)[C@H](CN)NC(=O)c1sc(C(=O)NCc2cccc(O)c2)cc1Br.COC(=O)[C@H](CNC(=O)c1cccs1)NC(=O)c1sc(C(=O)NCc2cccc(O)c2)cc1Br.O=C(O)C(F)(F)F. The number of nitrogens with two attached hydrogens (primary N) is 1. The number of ether oxygens (including phenoxy) is 2. The first-order valence-corrected chi connectivity index (χ1v) is 23.0. The zero-order chi connectivity index (χ0) is 50.7. The number of benzene rings is 2. The monoisotopic (exact) mass is 1130 g/mol. The molecule has 0 radical (unpaired) electrons. The van der Waals surface area contributed by atoms with Crippen LogP contribution in [-0.4, -0.2) is 108 Å². The van der Waals surface area contributed by atoms with Gasteiger partial charge in [-0.05, 0) is 90.8 Å². The second-order valence-corrected chi connectivity index (χ2v) is 17.9. The van der Waals surface area contributed by atoms with Crippen molar-refractivity contribution >= 4 is 113 Å². The maximum atomic E-state index is 12.8. The topological polar surface area (TPSA) is 302 Å². The number of phenols is 2. The van der Waals surface area contributed by atoms with Crippen molar-refractivity contribution in [1.29, 1.82) is 0 Å². The Balaban J connectivity index is 0.000000322. The Hall–Kier alpha value is -6.39. The molecular formula is C41H39Br2F3N6O13S3. The van der Waals surface area contributed by atoms with Crippen LogP contribution in [0.4, 0.5) is 13.2 Å². The van der Waals surface area contributed by atoms with Crippen LogP contribution in [0.1, 0.15) is 59.5 Å². The van der Waals surface area contributed by atoms with Gasteiger partial charge in [0.05, 0.1) is 28.9 Å². The van der Waals surface area contributed by atoms with Crippen molar-refractivity contribution in [2.75, 3.05) is 27.3 Å². The molecule has 3 aromatic heterocycles. The molecule has 364 valence electrons. The van der Waals surface area contributed by atoms with Crippen LogP contribution in [0, 0.1) is 0 Å². The molecule has 0 saturated heterocycles. The number of aromatic hydroxyl groups is 2. The average molecular weight is 1140 g/mol. The largest absolute Gasteiger partial charge is 0.508 e. The van der Waals surface area contributed by atoms with Crippen molar-refractivity contribution in [3.63, 3.8) is 0 Å². The Morgan fingerprint density at radius 2 is 1.07 bits per heavy atom. The van der Waals surface area contributed by atoms with E-state index in [4.69, 9.17) is 20.4 Å². The first kappa shape index (κ1) is 55.9. The number of rotatable bonds is 16. The molecule has 2 atom stereocenters. The quantitative estimate of drug-likeness (QED) is 0.0593. The summed E-state index contributed by atoms with van der Waals surface area (Å²) in [4.78, 5) is 96.2. The molecule has 3 heterocycles. The number of aliphatic carboxylic acids is 1. The first-order chi connectivity index (χ1) is 32.1. The van der Waals surface area contributed by atoms with Gasteiger partial charge in [0.1, 0.15) is 33.3 Å². The van der Waals surface area contributed by atoms with Crippen LogP contribution in [-0.2, 0) is 36.9 Å². The number of methoxy groups -OCH3 is 2. The van der Waals surface area contributed by atoms with Crippen LogP contribution in [0.15, 0.2) is 87.1 Å². The van der Waals surface area contributed by atoms with Gasteiger partial charge in [0.15, 0.2) is 0 Å². The molecule has 0 spiro atoms. The molecule has 0 aliphatic heterocycles. The molecule has 19 nitrogen and oxygen atoms in total.